The van der Waals surface area contributed by atoms with Crippen LogP contribution in [0.5, 0.6) is 0 Å². The Morgan fingerprint density at radius 1 is 1.16 bits per heavy atom. The van der Waals surface area contributed by atoms with Crippen molar-refractivity contribution in [2.75, 3.05) is 19.8 Å². The van der Waals surface area contributed by atoms with Gasteiger partial charge < -0.3 is 9.84 Å². The fourth-order valence-electron chi connectivity index (χ4n) is 1.59. The van der Waals surface area contributed by atoms with Crippen molar-refractivity contribution in [2.45, 2.75) is 24.3 Å². The van der Waals surface area contributed by atoms with E-state index in [2.05, 4.69) is 13.6 Å². The highest BCUT2D eigenvalue weighted by molar-refractivity contribution is 7.89. The van der Waals surface area contributed by atoms with Crippen LogP contribution < -0.4 is 4.72 Å². The van der Waals surface area contributed by atoms with Gasteiger partial charge in [-0.05, 0) is 19.1 Å². The van der Waals surface area contributed by atoms with Crippen LogP contribution in [0.1, 0.15) is 12.5 Å². The molecule has 0 fully saturated rings. The highest BCUT2D eigenvalue weighted by Gasteiger charge is 2.33. The fourth-order valence-corrected chi connectivity index (χ4v) is 3.08. The molecule has 12 heteroatoms. The van der Waals surface area contributed by atoms with E-state index in [0.29, 0.717) is 0 Å². The number of sulfonamides is 1. The lowest BCUT2D eigenvalue weighted by molar-refractivity contribution is -0.150. The van der Waals surface area contributed by atoms with Gasteiger partial charge in [0, 0.05) is 13.5 Å². The molecule has 10 nitrogen and oxygen atoms in total. The van der Waals surface area contributed by atoms with Crippen molar-refractivity contribution < 1.29 is 40.2 Å². The molecule has 0 aromatic heterocycles. The Bertz CT molecular complexity index is 802. The minimum absolute atomic E-state index is 0.0800. The Labute approximate surface area is 145 Å². The number of rotatable bonds is 9. The third-order valence-electron chi connectivity index (χ3n) is 2.94. The molecular weight excluding hydrogens is 378 g/mol. The van der Waals surface area contributed by atoms with E-state index in [9.17, 15) is 26.7 Å². The first-order chi connectivity index (χ1) is 11.3. The smallest absolute Gasteiger partial charge is 0.397 e. The van der Waals surface area contributed by atoms with Crippen molar-refractivity contribution in [3.63, 3.8) is 0 Å². The van der Waals surface area contributed by atoms with Gasteiger partial charge in [-0.25, -0.2) is 17.3 Å². The number of aryl methyl sites for hydroxylation is 1. The van der Waals surface area contributed by atoms with Crippen LogP contribution in [-0.2, 0) is 34.1 Å². The molecule has 1 rings (SSSR count). The second-order valence-electron chi connectivity index (χ2n) is 5.33. The van der Waals surface area contributed by atoms with Crippen LogP contribution in [0.4, 0.5) is 0 Å². The molecule has 1 aromatic rings. The van der Waals surface area contributed by atoms with E-state index in [1.54, 1.807) is 19.1 Å². The van der Waals surface area contributed by atoms with Crippen molar-refractivity contribution in [3.05, 3.63) is 29.8 Å². The van der Waals surface area contributed by atoms with E-state index < -0.39 is 51.8 Å². The van der Waals surface area contributed by atoms with Crippen LogP contribution >= 0.6 is 0 Å². The summed E-state index contributed by atoms with van der Waals surface area (Å²) < 4.78 is 65.0. The first kappa shape index (κ1) is 21.5. The van der Waals surface area contributed by atoms with Crippen molar-refractivity contribution in [2.24, 2.45) is 0 Å². The van der Waals surface area contributed by atoms with Gasteiger partial charge in [0.15, 0.2) is 0 Å². The second-order valence-corrected chi connectivity index (χ2v) is 8.19. The third-order valence-corrected chi connectivity index (χ3v) is 4.78. The van der Waals surface area contributed by atoms with Gasteiger partial charge in [-0.15, -0.1) is 0 Å². The van der Waals surface area contributed by atoms with Gasteiger partial charge in [0.1, 0.15) is 18.8 Å². The zero-order chi connectivity index (χ0) is 19.3. The van der Waals surface area contributed by atoms with Crippen LogP contribution in [0.25, 0.3) is 0 Å². The van der Waals surface area contributed by atoms with Crippen LogP contribution in [0, 0.1) is 6.92 Å². The van der Waals surface area contributed by atoms with Crippen molar-refractivity contribution in [1.29, 1.82) is 0 Å². The van der Waals surface area contributed by atoms with E-state index in [-0.39, 0.29) is 4.90 Å². The van der Waals surface area contributed by atoms with Gasteiger partial charge in [0.2, 0.25) is 10.0 Å². The molecule has 0 bridgehead atoms. The maximum atomic E-state index is 12.2. The maximum absolute atomic E-state index is 12.2. The molecule has 142 valence electrons. The first-order valence-corrected chi connectivity index (χ1v) is 9.72. The van der Waals surface area contributed by atoms with Gasteiger partial charge in [-0.3, -0.25) is 9.35 Å². The SMILES string of the molecule is CC(=O)OCC(O)(CNS(=O)(=O)c1ccc(C)cc1)COS(=O)(=O)O. The van der Waals surface area contributed by atoms with Gasteiger partial charge in [0.25, 0.3) is 0 Å². The lowest BCUT2D eigenvalue weighted by atomic mass is 10.1. The quantitative estimate of drug-likeness (QED) is 0.365. The van der Waals surface area contributed by atoms with Crippen molar-refractivity contribution >= 4 is 26.4 Å². The topological polar surface area (TPSA) is 156 Å². The minimum atomic E-state index is -4.88. The fraction of sp³-hybridized carbons (Fsp3) is 0.462. The third kappa shape index (κ3) is 7.90. The number of carbonyl (C=O) groups is 1. The summed E-state index contributed by atoms with van der Waals surface area (Å²) in [6.45, 7) is 0.296. The number of hydrogen-bond donors (Lipinski definition) is 3. The predicted octanol–water partition coefficient (Wildman–Crippen LogP) is -0.613. The second kappa shape index (κ2) is 8.21. The normalized spacial score (nSPS) is 14.7. The summed E-state index contributed by atoms with van der Waals surface area (Å²) in [6.07, 6.45) is 0. The molecule has 0 aliphatic carbocycles. The van der Waals surface area contributed by atoms with E-state index in [1.807, 2.05) is 0 Å². The Morgan fingerprint density at radius 2 is 1.72 bits per heavy atom. The summed E-state index contributed by atoms with van der Waals surface area (Å²) in [4.78, 5) is 10.8. The van der Waals surface area contributed by atoms with Gasteiger partial charge in [-0.1, -0.05) is 17.7 Å². The molecule has 1 unspecified atom stereocenters. The molecular formula is C13H19NO9S2. The van der Waals surface area contributed by atoms with E-state index in [0.717, 1.165) is 12.5 Å². The molecule has 0 heterocycles. The van der Waals surface area contributed by atoms with Crippen molar-refractivity contribution in [1.82, 2.24) is 4.72 Å². The van der Waals surface area contributed by atoms with Gasteiger partial charge in [0.05, 0.1) is 4.90 Å². The number of carbonyl (C=O) groups excluding carboxylic acids is 1. The number of aliphatic hydroxyl groups is 1. The first-order valence-electron chi connectivity index (χ1n) is 6.87. The Hall–Kier alpha value is -1.57. The molecule has 0 aliphatic rings. The molecule has 0 radical (unpaired) electrons. The number of ether oxygens (including phenoxy) is 1. The largest absolute Gasteiger partial charge is 0.463 e. The molecule has 0 amide bonds. The highest BCUT2D eigenvalue weighted by atomic mass is 32.3. The molecule has 25 heavy (non-hydrogen) atoms. The lowest BCUT2D eigenvalue weighted by Crippen LogP contribution is -2.50. The molecule has 3 N–H and O–H groups in total. The minimum Gasteiger partial charge on any atom is -0.463 e. The molecule has 0 saturated heterocycles. The Balaban J connectivity index is 2.88. The molecule has 1 atom stereocenters. The van der Waals surface area contributed by atoms with Crippen LogP contribution in [0.3, 0.4) is 0 Å². The number of esters is 1. The average Bonchev–Trinajstić information content (AvgIpc) is 2.49. The molecule has 0 saturated carbocycles. The van der Waals surface area contributed by atoms with E-state index >= 15 is 0 Å². The number of nitrogens with one attached hydrogen (secondary N) is 1. The van der Waals surface area contributed by atoms with Crippen LogP contribution in [0.2, 0.25) is 0 Å². The van der Waals surface area contributed by atoms with Crippen LogP contribution in [0.15, 0.2) is 29.2 Å². The average molecular weight is 397 g/mol. The van der Waals surface area contributed by atoms with Crippen molar-refractivity contribution in [3.8, 4) is 0 Å². The lowest BCUT2D eigenvalue weighted by Gasteiger charge is -2.26. The molecule has 0 spiro atoms. The summed E-state index contributed by atoms with van der Waals surface area (Å²) in [5.41, 5.74) is -1.38. The Morgan fingerprint density at radius 3 is 2.20 bits per heavy atom. The summed E-state index contributed by atoms with van der Waals surface area (Å²) >= 11 is 0. The summed E-state index contributed by atoms with van der Waals surface area (Å²) in [6, 6.07) is 5.83. The monoisotopic (exact) mass is 397 g/mol. The summed E-state index contributed by atoms with van der Waals surface area (Å²) in [7, 11) is -8.90. The maximum Gasteiger partial charge on any atom is 0.397 e. The van der Waals surface area contributed by atoms with Crippen LogP contribution in [-0.4, -0.2) is 57.8 Å². The standard InChI is InChI=1S/C13H19NO9S2/c1-10-3-5-12(6-4-10)24(17,18)14-7-13(16,8-22-11(2)15)9-23-25(19,20)21/h3-6,14,16H,7-9H2,1-2H3,(H,19,20,21). The predicted molar refractivity (Wildman–Crippen MR) is 85.5 cm³/mol. The number of benzene rings is 1. The highest BCUT2D eigenvalue weighted by Crippen LogP contribution is 2.13. The zero-order valence-electron chi connectivity index (χ0n) is 13.5. The summed E-state index contributed by atoms with van der Waals surface area (Å²) in [5.74, 6) is -0.785. The van der Waals surface area contributed by atoms with Gasteiger partial charge >= 0.3 is 16.4 Å². The van der Waals surface area contributed by atoms with Gasteiger partial charge in [-0.2, -0.15) is 8.42 Å². The zero-order valence-corrected chi connectivity index (χ0v) is 15.1. The summed E-state index contributed by atoms with van der Waals surface area (Å²) in [5, 5.41) is 10.3. The molecule has 0 aliphatic heterocycles. The molecule has 1 aromatic carbocycles. The van der Waals surface area contributed by atoms with E-state index in [1.165, 1.54) is 12.1 Å². The number of hydrogen-bond acceptors (Lipinski definition) is 8. The Kier molecular flexibility index (Phi) is 7.05. The van der Waals surface area contributed by atoms with E-state index in [4.69, 9.17) is 4.55 Å².